The maximum absolute atomic E-state index is 15.0. The highest BCUT2D eigenvalue weighted by atomic mass is 19.4. The molecule has 0 aromatic heterocycles. The monoisotopic (exact) mass is 623 g/mol. The van der Waals surface area contributed by atoms with Gasteiger partial charge in [-0.1, -0.05) is 50.2 Å². The fourth-order valence-corrected chi connectivity index (χ4v) is 6.04. The summed E-state index contributed by atoms with van der Waals surface area (Å²) in [6.07, 6.45) is -8.68. The molecule has 0 bridgehead atoms. The summed E-state index contributed by atoms with van der Waals surface area (Å²) in [6.45, 7) is 5.97. The van der Waals surface area contributed by atoms with Crippen molar-refractivity contribution in [3.8, 4) is 11.1 Å². The molecule has 3 aromatic carbocycles. The van der Waals surface area contributed by atoms with Gasteiger partial charge in [-0.2, -0.15) is 26.3 Å². The first kappa shape index (κ1) is 33.5. The van der Waals surface area contributed by atoms with Crippen molar-refractivity contribution in [1.82, 2.24) is 4.90 Å². The van der Waals surface area contributed by atoms with E-state index in [4.69, 9.17) is 4.74 Å². The topological polar surface area (TPSA) is 29.5 Å². The van der Waals surface area contributed by atoms with Crippen molar-refractivity contribution in [3.63, 3.8) is 0 Å². The predicted octanol–water partition coefficient (Wildman–Crippen LogP) is 9.60. The van der Waals surface area contributed by atoms with E-state index in [0.717, 1.165) is 12.1 Å². The lowest BCUT2D eigenvalue weighted by Crippen LogP contribution is -2.33. The molecule has 0 radical (unpaired) electrons. The molecule has 3 nitrogen and oxygen atoms in total. The van der Waals surface area contributed by atoms with Gasteiger partial charge in [0.2, 0.25) is 0 Å². The minimum atomic E-state index is -4.76. The quantitative estimate of drug-likeness (QED) is 0.176. The van der Waals surface area contributed by atoms with Gasteiger partial charge in [-0.25, -0.2) is 4.39 Å². The van der Waals surface area contributed by atoms with Crippen LogP contribution in [0.5, 0.6) is 0 Å². The Bertz CT molecular complexity index is 1430. The highest BCUT2D eigenvalue weighted by Gasteiger charge is 2.42. The van der Waals surface area contributed by atoms with E-state index in [0.29, 0.717) is 43.1 Å². The first-order chi connectivity index (χ1) is 20.7. The number of halogens is 7. The van der Waals surface area contributed by atoms with Gasteiger partial charge in [-0.3, -0.25) is 9.69 Å². The second-order valence-corrected chi connectivity index (χ2v) is 11.7. The van der Waals surface area contributed by atoms with E-state index < -0.39 is 47.1 Å². The molecular formula is C34H36F7NO2. The van der Waals surface area contributed by atoms with Crippen LogP contribution in [0.1, 0.15) is 79.7 Å². The third kappa shape index (κ3) is 8.20. The second-order valence-electron chi connectivity index (χ2n) is 11.7. The number of piperidine rings is 1. The maximum atomic E-state index is 15.0. The van der Waals surface area contributed by atoms with E-state index in [1.54, 1.807) is 37.3 Å². The van der Waals surface area contributed by atoms with Crippen molar-refractivity contribution in [2.45, 2.75) is 70.8 Å². The molecule has 10 heteroatoms. The molecule has 1 atom stereocenters. The third-order valence-corrected chi connectivity index (χ3v) is 7.96. The van der Waals surface area contributed by atoms with Crippen LogP contribution in [0.15, 0.2) is 60.7 Å². The number of benzene rings is 3. The van der Waals surface area contributed by atoms with Crippen molar-refractivity contribution >= 4 is 5.97 Å². The molecule has 1 fully saturated rings. The summed E-state index contributed by atoms with van der Waals surface area (Å²) in [4.78, 5) is 14.9. The second kappa shape index (κ2) is 13.7. The van der Waals surface area contributed by atoms with Crippen molar-refractivity contribution in [2.75, 3.05) is 19.7 Å². The van der Waals surface area contributed by atoms with Crippen molar-refractivity contribution in [1.29, 1.82) is 0 Å². The Balaban J connectivity index is 1.73. The molecule has 0 amide bonds. The molecule has 1 saturated heterocycles. The number of likely N-dealkylation sites (tertiary alicyclic amines) is 1. The molecule has 4 rings (SSSR count). The summed E-state index contributed by atoms with van der Waals surface area (Å²) in [5.41, 5.74) is -0.511. The number of nitrogens with zero attached hydrogens (tertiary/aromatic N) is 1. The minimum Gasteiger partial charge on any atom is -0.466 e. The number of esters is 1. The van der Waals surface area contributed by atoms with Gasteiger partial charge < -0.3 is 4.74 Å². The predicted molar refractivity (Wildman–Crippen MR) is 154 cm³/mol. The number of carbonyl (C=O) groups excluding carboxylic acids is 1. The number of carbonyl (C=O) groups is 1. The average molecular weight is 624 g/mol. The molecule has 238 valence electrons. The summed E-state index contributed by atoms with van der Waals surface area (Å²) >= 11 is 0. The lowest BCUT2D eigenvalue weighted by atomic mass is 9.78. The summed E-state index contributed by atoms with van der Waals surface area (Å²) in [7, 11) is 0. The van der Waals surface area contributed by atoms with Gasteiger partial charge in [0.05, 0.1) is 23.7 Å². The van der Waals surface area contributed by atoms with Gasteiger partial charge in [0.15, 0.2) is 0 Å². The molecule has 1 unspecified atom stereocenters. The number of hydrogen-bond acceptors (Lipinski definition) is 3. The first-order valence-corrected chi connectivity index (χ1v) is 14.7. The number of alkyl halides is 6. The smallest absolute Gasteiger partial charge is 0.416 e. The lowest BCUT2D eigenvalue weighted by Gasteiger charge is -2.35. The Morgan fingerprint density at radius 2 is 1.57 bits per heavy atom. The number of ether oxygens (including phenoxy) is 1. The van der Waals surface area contributed by atoms with Crippen LogP contribution in [0.3, 0.4) is 0 Å². The zero-order chi connectivity index (χ0) is 32.2. The number of hydrogen-bond donors (Lipinski definition) is 0. The summed E-state index contributed by atoms with van der Waals surface area (Å²) in [5.74, 6) is -3.43. The molecule has 0 aliphatic carbocycles. The van der Waals surface area contributed by atoms with Crippen LogP contribution in [0.4, 0.5) is 30.7 Å². The van der Waals surface area contributed by atoms with Gasteiger partial charge in [0.25, 0.3) is 0 Å². The van der Waals surface area contributed by atoms with Gasteiger partial charge >= 0.3 is 18.3 Å². The summed E-state index contributed by atoms with van der Waals surface area (Å²) < 4.78 is 104. The Morgan fingerprint density at radius 1 is 0.909 bits per heavy atom. The van der Waals surface area contributed by atoms with E-state index in [1.165, 1.54) is 6.07 Å². The normalized spacial score (nSPS) is 15.9. The van der Waals surface area contributed by atoms with Crippen LogP contribution in [0.25, 0.3) is 11.1 Å². The Labute approximate surface area is 253 Å². The molecule has 1 heterocycles. The van der Waals surface area contributed by atoms with E-state index in [9.17, 15) is 35.5 Å². The van der Waals surface area contributed by atoms with Crippen LogP contribution in [-0.4, -0.2) is 30.6 Å². The standard InChI is InChI=1S/C34H36F7NO2/c1-4-44-32(43)30(14-21(2)3)29-18-25(23-8-6-5-7-9-23)17-28(31(29)34(39,40)41)24-10-12-42(13-11-24)20-22-15-26(33(36,37)38)19-27(35)16-22/h5-9,15-19,21,24,30H,4,10-14,20H2,1-3H3. The largest absolute Gasteiger partial charge is 0.466 e. The van der Waals surface area contributed by atoms with E-state index in [1.807, 2.05) is 24.8 Å². The van der Waals surface area contributed by atoms with E-state index >= 15 is 0 Å². The molecule has 1 aliphatic heterocycles. The van der Waals surface area contributed by atoms with Crippen molar-refractivity contribution in [3.05, 3.63) is 94.3 Å². The Hall–Kier alpha value is -3.40. The molecule has 44 heavy (non-hydrogen) atoms. The Morgan fingerprint density at radius 3 is 2.14 bits per heavy atom. The lowest BCUT2D eigenvalue weighted by molar-refractivity contribution is -0.147. The van der Waals surface area contributed by atoms with Gasteiger partial charge in [0, 0.05) is 6.54 Å². The average Bonchev–Trinajstić information content (AvgIpc) is 2.95. The molecule has 0 saturated carbocycles. The minimum absolute atomic E-state index is 0.0360. The molecule has 1 aliphatic rings. The zero-order valence-electron chi connectivity index (χ0n) is 24.9. The van der Waals surface area contributed by atoms with Crippen LogP contribution in [0.2, 0.25) is 0 Å². The van der Waals surface area contributed by atoms with Crippen LogP contribution in [0, 0.1) is 11.7 Å². The highest BCUT2D eigenvalue weighted by molar-refractivity contribution is 5.80. The summed E-state index contributed by atoms with van der Waals surface area (Å²) in [5, 5.41) is 0. The van der Waals surface area contributed by atoms with Gasteiger partial charge in [0.1, 0.15) is 5.82 Å². The van der Waals surface area contributed by atoms with Crippen molar-refractivity contribution < 1.29 is 40.3 Å². The molecule has 3 aromatic rings. The summed E-state index contributed by atoms with van der Waals surface area (Å²) in [6, 6.07) is 14.4. The van der Waals surface area contributed by atoms with Crippen molar-refractivity contribution in [2.24, 2.45) is 5.92 Å². The Kier molecular flexibility index (Phi) is 10.4. The maximum Gasteiger partial charge on any atom is 0.416 e. The third-order valence-electron chi connectivity index (χ3n) is 7.96. The molecular weight excluding hydrogens is 587 g/mol. The fourth-order valence-electron chi connectivity index (χ4n) is 6.04. The van der Waals surface area contributed by atoms with Gasteiger partial charge in [-0.15, -0.1) is 0 Å². The van der Waals surface area contributed by atoms with Crippen LogP contribution >= 0.6 is 0 Å². The van der Waals surface area contributed by atoms with Crippen LogP contribution in [-0.2, 0) is 28.4 Å². The first-order valence-electron chi connectivity index (χ1n) is 14.7. The highest BCUT2D eigenvalue weighted by Crippen LogP contribution is 2.46. The number of rotatable bonds is 9. The zero-order valence-corrected chi connectivity index (χ0v) is 24.9. The van der Waals surface area contributed by atoms with E-state index in [-0.39, 0.29) is 42.2 Å². The molecule has 0 N–H and O–H groups in total. The SMILES string of the molecule is CCOC(=O)C(CC(C)C)c1cc(-c2ccccc2)cc(C2CCN(Cc3cc(F)cc(C(F)(F)F)c3)CC2)c1C(F)(F)F. The van der Waals surface area contributed by atoms with Gasteiger partial charge in [-0.05, 0) is 103 Å². The van der Waals surface area contributed by atoms with E-state index in [2.05, 4.69) is 0 Å². The van der Waals surface area contributed by atoms with Crippen LogP contribution < -0.4 is 0 Å². The molecule has 0 spiro atoms. The fraction of sp³-hybridized carbons (Fsp3) is 0.441.